The summed E-state index contributed by atoms with van der Waals surface area (Å²) in [5, 5.41) is 0. The quantitative estimate of drug-likeness (QED) is 0.829. The average molecular weight is 219 g/mol. The fourth-order valence-electron chi connectivity index (χ4n) is 1.79. The second-order valence-electron chi connectivity index (χ2n) is 4.28. The molecule has 4 nitrogen and oxygen atoms in total. The molecule has 16 heavy (non-hydrogen) atoms. The number of nitrogens with one attached hydrogen (secondary N) is 1. The number of nitrogens with two attached hydrogens (primary N) is 1. The monoisotopic (exact) mass is 219 g/mol. The van der Waals surface area contributed by atoms with Gasteiger partial charge in [-0.1, -0.05) is 13.8 Å². The number of imidazole rings is 1. The highest BCUT2D eigenvalue weighted by Gasteiger charge is 2.17. The Bertz CT molecular complexity index is 431. The van der Waals surface area contributed by atoms with Crippen molar-refractivity contribution in [1.82, 2.24) is 9.97 Å². The van der Waals surface area contributed by atoms with Crippen molar-refractivity contribution in [2.24, 2.45) is 11.7 Å². The van der Waals surface area contributed by atoms with Gasteiger partial charge in [-0.25, -0.2) is 4.98 Å². The molecule has 2 rings (SSSR count). The lowest BCUT2D eigenvalue weighted by Crippen LogP contribution is -2.19. The predicted molar refractivity (Wildman–Crippen MR) is 62.9 cm³/mol. The van der Waals surface area contributed by atoms with E-state index in [2.05, 4.69) is 23.8 Å². The van der Waals surface area contributed by atoms with Crippen LogP contribution in [-0.2, 0) is 0 Å². The summed E-state index contributed by atoms with van der Waals surface area (Å²) in [5.74, 6) is 1.71. The van der Waals surface area contributed by atoms with Gasteiger partial charge in [0.05, 0.1) is 24.4 Å². The number of hydrogen-bond donors (Lipinski definition) is 2. The molecule has 0 saturated carbocycles. The van der Waals surface area contributed by atoms with Crippen LogP contribution in [0.3, 0.4) is 0 Å². The lowest BCUT2D eigenvalue weighted by Gasteiger charge is -2.15. The summed E-state index contributed by atoms with van der Waals surface area (Å²) in [4.78, 5) is 7.68. The minimum Gasteiger partial charge on any atom is -0.472 e. The first-order valence-corrected chi connectivity index (χ1v) is 5.50. The van der Waals surface area contributed by atoms with Crippen molar-refractivity contribution in [3.63, 3.8) is 0 Å². The van der Waals surface area contributed by atoms with Gasteiger partial charge in [0.25, 0.3) is 0 Å². The molecule has 86 valence electrons. The third-order valence-electron chi connectivity index (χ3n) is 2.84. The van der Waals surface area contributed by atoms with Gasteiger partial charge in [-0.3, -0.25) is 0 Å². The fraction of sp³-hybridized carbons (Fsp3) is 0.417. The highest BCUT2D eigenvalue weighted by molar-refractivity contribution is 5.56. The molecule has 1 unspecified atom stereocenters. The SMILES string of the molecule is CC(C)C(CN)c1ncc(-c2ccoc2)[nH]1. The second-order valence-corrected chi connectivity index (χ2v) is 4.28. The Balaban J connectivity index is 2.25. The smallest absolute Gasteiger partial charge is 0.111 e. The Morgan fingerprint density at radius 2 is 2.31 bits per heavy atom. The van der Waals surface area contributed by atoms with Crippen molar-refractivity contribution in [3.8, 4) is 11.3 Å². The third-order valence-corrected chi connectivity index (χ3v) is 2.84. The number of rotatable bonds is 4. The molecule has 0 aromatic carbocycles. The van der Waals surface area contributed by atoms with Crippen LogP contribution in [0.4, 0.5) is 0 Å². The number of aromatic nitrogens is 2. The van der Waals surface area contributed by atoms with E-state index in [4.69, 9.17) is 10.2 Å². The van der Waals surface area contributed by atoms with Crippen LogP contribution >= 0.6 is 0 Å². The predicted octanol–water partition coefficient (Wildman–Crippen LogP) is 2.37. The Labute approximate surface area is 94.9 Å². The second kappa shape index (κ2) is 4.53. The van der Waals surface area contributed by atoms with E-state index in [-0.39, 0.29) is 5.92 Å². The molecule has 1 atom stereocenters. The van der Waals surface area contributed by atoms with Crippen LogP contribution in [0.25, 0.3) is 11.3 Å². The van der Waals surface area contributed by atoms with Gasteiger partial charge in [0.15, 0.2) is 0 Å². The Hall–Kier alpha value is -1.55. The molecule has 0 amide bonds. The number of H-pyrrole nitrogens is 1. The zero-order valence-electron chi connectivity index (χ0n) is 9.60. The van der Waals surface area contributed by atoms with Gasteiger partial charge in [-0.2, -0.15) is 0 Å². The molecule has 0 radical (unpaired) electrons. The summed E-state index contributed by atoms with van der Waals surface area (Å²) in [5.41, 5.74) is 7.74. The number of hydrogen-bond acceptors (Lipinski definition) is 3. The van der Waals surface area contributed by atoms with Gasteiger partial charge in [-0.15, -0.1) is 0 Å². The van der Waals surface area contributed by atoms with E-state index in [0.717, 1.165) is 17.1 Å². The summed E-state index contributed by atoms with van der Waals surface area (Å²) < 4.78 is 5.04. The maximum atomic E-state index is 5.76. The minimum atomic E-state index is 0.278. The molecule has 4 heteroatoms. The summed E-state index contributed by atoms with van der Waals surface area (Å²) in [6.07, 6.45) is 5.17. The molecule has 0 fully saturated rings. The molecule has 2 aromatic heterocycles. The Morgan fingerprint density at radius 1 is 1.50 bits per heavy atom. The van der Waals surface area contributed by atoms with Gasteiger partial charge in [0.1, 0.15) is 5.82 Å². The maximum Gasteiger partial charge on any atom is 0.111 e. The van der Waals surface area contributed by atoms with Crippen molar-refractivity contribution in [2.75, 3.05) is 6.54 Å². The molecule has 2 aromatic rings. The van der Waals surface area contributed by atoms with E-state index in [9.17, 15) is 0 Å². The van der Waals surface area contributed by atoms with Gasteiger partial charge in [-0.05, 0) is 12.0 Å². The van der Waals surface area contributed by atoms with E-state index in [1.807, 2.05) is 12.3 Å². The topological polar surface area (TPSA) is 67.8 Å². The number of furan rings is 1. The van der Waals surface area contributed by atoms with Crippen LogP contribution in [-0.4, -0.2) is 16.5 Å². The lowest BCUT2D eigenvalue weighted by molar-refractivity contribution is 0.487. The molecule has 0 bridgehead atoms. The first-order chi connectivity index (χ1) is 7.72. The van der Waals surface area contributed by atoms with Crippen LogP contribution in [0.15, 0.2) is 29.2 Å². The minimum absolute atomic E-state index is 0.278. The van der Waals surface area contributed by atoms with Gasteiger partial charge >= 0.3 is 0 Å². The first kappa shape index (κ1) is 11.0. The van der Waals surface area contributed by atoms with E-state index >= 15 is 0 Å². The standard InChI is InChI=1S/C12H17N3O/c1-8(2)10(5-13)12-14-6-11(15-12)9-3-4-16-7-9/h3-4,6-8,10H,5,13H2,1-2H3,(H,14,15). The summed E-state index contributed by atoms with van der Waals surface area (Å²) in [6, 6.07) is 1.91. The highest BCUT2D eigenvalue weighted by atomic mass is 16.3. The zero-order valence-corrected chi connectivity index (χ0v) is 9.60. The average Bonchev–Trinajstić information content (AvgIpc) is 2.86. The van der Waals surface area contributed by atoms with Crippen LogP contribution in [0.5, 0.6) is 0 Å². The molecule has 0 aliphatic heterocycles. The number of nitrogens with zero attached hydrogens (tertiary/aromatic N) is 1. The van der Waals surface area contributed by atoms with Crippen LogP contribution in [0.2, 0.25) is 0 Å². The van der Waals surface area contributed by atoms with Crippen molar-refractivity contribution in [1.29, 1.82) is 0 Å². The van der Waals surface area contributed by atoms with E-state index < -0.39 is 0 Å². The molecule has 0 aliphatic rings. The molecule has 0 aliphatic carbocycles. The van der Waals surface area contributed by atoms with Gasteiger partial charge in [0, 0.05) is 18.0 Å². The largest absolute Gasteiger partial charge is 0.472 e. The van der Waals surface area contributed by atoms with E-state index in [0.29, 0.717) is 12.5 Å². The van der Waals surface area contributed by atoms with Gasteiger partial charge < -0.3 is 15.1 Å². The van der Waals surface area contributed by atoms with E-state index in [1.165, 1.54) is 0 Å². The van der Waals surface area contributed by atoms with Crippen LogP contribution < -0.4 is 5.73 Å². The lowest BCUT2D eigenvalue weighted by atomic mass is 9.95. The van der Waals surface area contributed by atoms with Crippen molar-refractivity contribution < 1.29 is 4.42 Å². The van der Waals surface area contributed by atoms with Gasteiger partial charge in [0.2, 0.25) is 0 Å². The van der Waals surface area contributed by atoms with E-state index in [1.54, 1.807) is 12.5 Å². The van der Waals surface area contributed by atoms with Crippen molar-refractivity contribution in [3.05, 3.63) is 30.6 Å². The van der Waals surface area contributed by atoms with Crippen LogP contribution in [0, 0.1) is 5.92 Å². The molecule has 0 spiro atoms. The number of aromatic amines is 1. The van der Waals surface area contributed by atoms with Crippen molar-refractivity contribution in [2.45, 2.75) is 19.8 Å². The molecular formula is C12H17N3O. The first-order valence-electron chi connectivity index (χ1n) is 5.50. The van der Waals surface area contributed by atoms with Crippen molar-refractivity contribution >= 4 is 0 Å². The molecular weight excluding hydrogens is 202 g/mol. The zero-order chi connectivity index (χ0) is 11.5. The maximum absolute atomic E-state index is 5.76. The van der Waals surface area contributed by atoms with Crippen LogP contribution in [0.1, 0.15) is 25.6 Å². The summed E-state index contributed by atoms with van der Waals surface area (Å²) >= 11 is 0. The third kappa shape index (κ3) is 2.02. The fourth-order valence-corrected chi connectivity index (χ4v) is 1.79. The Morgan fingerprint density at radius 3 is 2.88 bits per heavy atom. The normalized spacial score (nSPS) is 13.2. The molecule has 0 saturated heterocycles. The molecule has 3 N–H and O–H groups in total. The molecule has 2 heterocycles. The Kier molecular flexibility index (Phi) is 3.10. The highest BCUT2D eigenvalue weighted by Crippen LogP contribution is 2.24. The summed E-state index contributed by atoms with van der Waals surface area (Å²) in [7, 11) is 0. The summed E-state index contributed by atoms with van der Waals surface area (Å²) in [6.45, 7) is 4.91.